The highest BCUT2D eigenvalue weighted by molar-refractivity contribution is 6.08. The molecule has 2 aromatic rings. The van der Waals surface area contributed by atoms with Crippen LogP contribution in [0, 0.1) is 6.92 Å². The van der Waals surface area contributed by atoms with Gasteiger partial charge in [-0.25, -0.2) is 0 Å². The number of rotatable bonds is 8. The molecule has 1 atom stereocenters. The number of esters is 1. The molecule has 0 aliphatic rings. The lowest BCUT2D eigenvalue weighted by Gasteiger charge is -2.25. The van der Waals surface area contributed by atoms with E-state index < -0.39 is 0 Å². The third-order valence-electron chi connectivity index (χ3n) is 4.73. The van der Waals surface area contributed by atoms with Gasteiger partial charge >= 0.3 is 5.97 Å². The SMILES string of the molecule is CCN(CC)C(C)OC(=O)Cc1ccc(C(=O)c2ccc(C)cc2)n1C. The van der Waals surface area contributed by atoms with Gasteiger partial charge in [0, 0.05) is 18.3 Å². The summed E-state index contributed by atoms with van der Waals surface area (Å²) in [6.45, 7) is 9.58. The second-order valence-electron chi connectivity index (χ2n) is 6.45. The maximum atomic E-state index is 12.7. The molecule has 140 valence electrons. The first kappa shape index (κ1) is 19.9. The predicted octanol–water partition coefficient (Wildman–Crippen LogP) is 3.34. The fourth-order valence-corrected chi connectivity index (χ4v) is 3.00. The number of benzene rings is 1. The van der Waals surface area contributed by atoms with Crippen molar-refractivity contribution < 1.29 is 14.3 Å². The van der Waals surface area contributed by atoms with Gasteiger partial charge in [0.15, 0.2) is 6.23 Å². The molecule has 26 heavy (non-hydrogen) atoms. The lowest BCUT2D eigenvalue weighted by Crippen LogP contribution is -2.36. The van der Waals surface area contributed by atoms with Gasteiger partial charge in [-0.05, 0) is 39.1 Å². The number of aromatic nitrogens is 1. The molecule has 0 bridgehead atoms. The second-order valence-corrected chi connectivity index (χ2v) is 6.45. The minimum Gasteiger partial charge on any atom is -0.446 e. The van der Waals surface area contributed by atoms with Crippen LogP contribution in [0.4, 0.5) is 0 Å². The summed E-state index contributed by atoms with van der Waals surface area (Å²) in [4.78, 5) is 27.0. The molecule has 0 saturated carbocycles. The van der Waals surface area contributed by atoms with Crippen molar-refractivity contribution in [1.29, 1.82) is 0 Å². The van der Waals surface area contributed by atoms with Crippen molar-refractivity contribution in [2.24, 2.45) is 7.05 Å². The lowest BCUT2D eigenvalue weighted by atomic mass is 10.1. The summed E-state index contributed by atoms with van der Waals surface area (Å²) in [7, 11) is 1.80. The molecule has 0 N–H and O–H groups in total. The molecule has 5 nitrogen and oxygen atoms in total. The maximum Gasteiger partial charge on any atom is 0.313 e. The first-order chi connectivity index (χ1) is 12.4. The molecule has 2 rings (SSSR count). The quantitative estimate of drug-likeness (QED) is 0.414. The van der Waals surface area contributed by atoms with Crippen LogP contribution in [-0.2, 0) is 23.0 Å². The van der Waals surface area contributed by atoms with E-state index in [-0.39, 0.29) is 24.4 Å². The van der Waals surface area contributed by atoms with Crippen LogP contribution in [0.2, 0.25) is 0 Å². The molecular weight excluding hydrogens is 328 g/mol. The van der Waals surface area contributed by atoms with Crippen LogP contribution in [0.1, 0.15) is 48.1 Å². The molecule has 1 aromatic carbocycles. The molecule has 1 aromatic heterocycles. The summed E-state index contributed by atoms with van der Waals surface area (Å²) in [6, 6.07) is 11.1. The summed E-state index contributed by atoms with van der Waals surface area (Å²) < 4.78 is 7.28. The van der Waals surface area contributed by atoms with Crippen LogP contribution >= 0.6 is 0 Å². The van der Waals surface area contributed by atoms with Crippen molar-refractivity contribution in [1.82, 2.24) is 9.47 Å². The number of ether oxygens (including phenoxy) is 1. The Morgan fingerprint density at radius 2 is 1.69 bits per heavy atom. The Labute approximate surface area is 155 Å². The first-order valence-electron chi connectivity index (χ1n) is 9.06. The van der Waals surface area contributed by atoms with Gasteiger partial charge in [-0.15, -0.1) is 0 Å². The fourth-order valence-electron chi connectivity index (χ4n) is 3.00. The van der Waals surface area contributed by atoms with Gasteiger partial charge in [0.25, 0.3) is 0 Å². The Morgan fingerprint density at radius 3 is 2.27 bits per heavy atom. The maximum absolute atomic E-state index is 12.7. The van der Waals surface area contributed by atoms with Gasteiger partial charge in [-0.3, -0.25) is 14.5 Å². The number of aryl methyl sites for hydroxylation is 1. The minimum absolute atomic E-state index is 0.0522. The average Bonchev–Trinajstić information content (AvgIpc) is 2.96. The van der Waals surface area contributed by atoms with Crippen LogP contribution in [0.25, 0.3) is 0 Å². The minimum atomic E-state index is -0.292. The van der Waals surface area contributed by atoms with Gasteiger partial charge in [-0.1, -0.05) is 43.7 Å². The van der Waals surface area contributed by atoms with E-state index in [0.29, 0.717) is 11.3 Å². The van der Waals surface area contributed by atoms with Crippen LogP contribution in [0.15, 0.2) is 36.4 Å². The standard InChI is InChI=1S/C21H28N2O3/c1-6-23(7-2)16(4)26-20(24)14-18-12-13-19(22(18)5)21(25)17-10-8-15(3)9-11-17/h8-13,16H,6-7,14H2,1-5H3. The van der Waals surface area contributed by atoms with E-state index in [9.17, 15) is 9.59 Å². The molecule has 1 heterocycles. The zero-order chi connectivity index (χ0) is 19.3. The third kappa shape index (κ3) is 4.61. The second kappa shape index (κ2) is 8.81. The Balaban J connectivity index is 2.07. The van der Waals surface area contributed by atoms with Gasteiger partial charge in [0.2, 0.25) is 5.78 Å². The van der Waals surface area contributed by atoms with E-state index in [1.807, 2.05) is 58.0 Å². The van der Waals surface area contributed by atoms with Crippen LogP contribution < -0.4 is 0 Å². The molecule has 0 radical (unpaired) electrons. The Kier molecular flexibility index (Phi) is 6.75. The molecule has 5 heteroatoms. The van der Waals surface area contributed by atoms with Crippen LogP contribution in [0.3, 0.4) is 0 Å². The highest BCUT2D eigenvalue weighted by Gasteiger charge is 2.19. The van der Waals surface area contributed by atoms with Gasteiger partial charge in [0.1, 0.15) is 0 Å². The normalized spacial score (nSPS) is 12.2. The van der Waals surface area contributed by atoms with E-state index in [1.54, 1.807) is 17.7 Å². The molecule has 0 aliphatic heterocycles. The predicted molar refractivity (Wildman–Crippen MR) is 102 cm³/mol. The zero-order valence-corrected chi connectivity index (χ0v) is 16.3. The summed E-state index contributed by atoms with van der Waals surface area (Å²) in [5, 5.41) is 0. The molecule has 0 fully saturated rings. The van der Waals surface area contributed by atoms with Crippen molar-refractivity contribution in [2.75, 3.05) is 13.1 Å². The van der Waals surface area contributed by atoms with E-state index in [0.717, 1.165) is 24.3 Å². The summed E-state index contributed by atoms with van der Waals surface area (Å²) in [5.74, 6) is -0.344. The van der Waals surface area contributed by atoms with E-state index in [2.05, 4.69) is 4.90 Å². The van der Waals surface area contributed by atoms with Crippen molar-refractivity contribution >= 4 is 11.8 Å². The van der Waals surface area contributed by atoms with E-state index >= 15 is 0 Å². The number of carbonyl (C=O) groups excluding carboxylic acids is 2. The van der Waals surface area contributed by atoms with Gasteiger partial charge < -0.3 is 9.30 Å². The van der Waals surface area contributed by atoms with Crippen LogP contribution in [-0.4, -0.2) is 40.5 Å². The summed E-state index contributed by atoms with van der Waals surface area (Å²) in [5.41, 5.74) is 3.07. The first-order valence-corrected chi connectivity index (χ1v) is 9.06. The molecule has 0 spiro atoms. The molecule has 0 saturated heterocycles. The zero-order valence-electron chi connectivity index (χ0n) is 16.3. The largest absolute Gasteiger partial charge is 0.446 e. The van der Waals surface area contributed by atoms with Crippen molar-refractivity contribution in [3.63, 3.8) is 0 Å². The smallest absolute Gasteiger partial charge is 0.313 e. The highest BCUT2D eigenvalue weighted by atomic mass is 16.6. The highest BCUT2D eigenvalue weighted by Crippen LogP contribution is 2.15. The van der Waals surface area contributed by atoms with Gasteiger partial charge in [-0.2, -0.15) is 0 Å². The number of hydrogen-bond acceptors (Lipinski definition) is 4. The van der Waals surface area contributed by atoms with Gasteiger partial charge in [0.05, 0.1) is 12.1 Å². The lowest BCUT2D eigenvalue weighted by molar-refractivity contribution is -0.156. The van der Waals surface area contributed by atoms with Crippen LogP contribution in [0.5, 0.6) is 0 Å². The van der Waals surface area contributed by atoms with E-state index in [4.69, 9.17) is 4.74 Å². The third-order valence-corrected chi connectivity index (χ3v) is 4.73. The summed E-state index contributed by atoms with van der Waals surface area (Å²) >= 11 is 0. The monoisotopic (exact) mass is 356 g/mol. The van der Waals surface area contributed by atoms with E-state index in [1.165, 1.54) is 0 Å². The molecule has 0 amide bonds. The van der Waals surface area contributed by atoms with Crippen molar-refractivity contribution in [3.8, 4) is 0 Å². The topological polar surface area (TPSA) is 51.5 Å². The molecule has 1 unspecified atom stereocenters. The summed E-state index contributed by atoms with van der Waals surface area (Å²) in [6.07, 6.45) is -0.116. The Hall–Kier alpha value is -2.40. The molecule has 0 aliphatic carbocycles. The Bertz CT molecular complexity index is 758. The Morgan fingerprint density at radius 1 is 1.08 bits per heavy atom. The number of carbonyl (C=O) groups is 2. The average molecular weight is 356 g/mol. The number of nitrogens with zero attached hydrogens (tertiary/aromatic N) is 2. The molecular formula is C21H28N2O3. The fraction of sp³-hybridized carbons (Fsp3) is 0.429. The van der Waals surface area contributed by atoms with Crippen molar-refractivity contribution in [2.45, 2.75) is 40.3 Å². The number of ketones is 1. The number of hydrogen-bond donors (Lipinski definition) is 0. The van der Waals surface area contributed by atoms with Crippen molar-refractivity contribution in [3.05, 3.63) is 58.9 Å².